The lowest BCUT2D eigenvalue weighted by molar-refractivity contribution is 0.0714. The first-order valence-corrected chi connectivity index (χ1v) is 7.13. The molecule has 0 bridgehead atoms. The Labute approximate surface area is 123 Å². The standard InChI is InChI=1S/C17H17FN2O/c1-20(17(21)13-9-10-16(18)19-11-13)15-8-4-6-12-5-2-3-7-14(12)15/h2-3,5,7,9-11,15H,4,6,8H2,1H3. The fourth-order valence-electron chi connectivity index (χ4n) is 2.98. The van der Waals surface area contributed by atoms with Gasteiger partial charge in [0.15, 0.2) is 0 Å². The average molecular weight is 284 g/mol. The van der Waals surface area contributed by atoms with Crippen molar-refractivity contribution in [3.05, 3.63) is 65.2 Å². The lowest BCUT2D eigenvalue weighted by Crippen LogP contribution is -2.33. The fraction of sp³-hybridized carbons (Fsp3) is 0.294. The SMILES string of the molecule is CN(C(=O)c1ccc(F)nc1)C1CCCc2ccccc21. The zero-order valence-electron chi connectivity index (χ0n) is 11.9. The van der Waals surface area contributed by atoms with Crippen LogP contribution in [0.5, 0.6) is 0 Å². The molecule has 2 aromatic rings. The van der Waals surface area contributed by atoms with Crippen molar-refractivity contribution in [1.29, 1.82) is 0 Å². The number of nitrogens with zero attached hydrogens (tertiary/aromatic N) is 2. The van der Waals surface area contributed by atoms with Crippen molar-refractivity contribution in [2.24, 2.45) is 0 Å². The molecule has 1 aromatic carbocycles. The van der Waals surface area contributed by atoms with Crippen molar-refractivity contribution in [2.75, 3.05) is 7.05 Å². The molecule has 0 spiro atoms. The maximum atomic E-state index is 12.9. The van der Waals surface area contributed by atoms with Crippen molar-refractivity contribution < 1.29 is 9.18 Å². The van der Waals surface area contributed by atoms with Crippen LogP contribution in [0.15, 0.2) is 42.6 Å². The second-order valence-electron chi connectivity index (χ2n) is 5.39. The summed E-state index contributed by atoms with van der Waals surface area (Å²) >= 11 is 0. The van der Waals surface area contributed by atoms with Gasteiger partial charge in [-0.05, 0) is 42.5 Å². The summed E-state index contributed by atoms with van der Waals surface area (Å²) in [6, 6.07) is 11.0. The minimum absolute atomic E-state index is 0.0764. The lowest BCUT2D eigenvalue weighted by atomic mass is 9.87. The second-order valence-corrected chi connectivity index (χ2v) is 5.39. The number of carbonyl (C=O) groups excluding carboxylic acids is 1. The van der Waals surface area contributed by atoms with E-state index in [0.717, 1.165) is 19.3 Å². The Balaban J connectivity index is 1.87. The summed E-state index contributed by atoms with van der Waals surface area (Å²) in [5, 5.41) is 0. The number of halogens is 1. The molecule has 1 atom stereocenters. The Kier molecular flexibility index (Phi) is 3.69. The van der Waals surface area contributed by atoms with Crippen molar-refractivity contribution in [3.8, 4) is 0 Å². The molecule has 0 fully saturated rings. The minimum Gasteiger partial charge on any atom is -0.335 e. The van der Waals surface area contributed by atoms with Crippen molar-refractivity contribution in [3.63, 3.8) is 0 Å². The maximum absolute atomic E-state index is 12.9. The zero-order valence-corrected chi connectivity index (χ0v) is 11.9. The lowest BCUT2D eigenvalue weighted by Gasteiger charge is -2.33. The second kappa shape index (κ2) is 5.64. The van der Waals surface area contributed by atoms with E-state index in [0.29, 0.717) is 5.56 Å². The van der Waals surface area contributed by atoms with E-state index < -0.39 is 5.95 Å². The number of rotatable bonds is 2. The third kappa shape index (κ3) is 2.66. The number of hydrogen-bond acceptors (Lipinski definition) is 2. The molecule has 1 aromatic heterocycles. The number of aryl methyl sites for hydroxylation is 1. The molecular formula is C17H17FN2O. The van der Waals surface area contributed by atoms with Gasteiger partial charge in [0.2, 0.25) is 5.95 Å². The van der Waals surface area contributed by atoms with Crippen molar-refractivity contribution in [2.45, 2.75) is 25.3 Å². The first kappa shape index (κ1) is 13.7. The van der Waals surface area contributed by atoms with Crippen LogP contribution in [0.25, 0.3) is 0 Å². The molecule has 1 unspecified atom stereocenters. The summed E-state index contributed by atoms with van der Waals surface area (Å²) in [4.78, 5) is 17.8. The monoisotopic (exact) mass is 284 g/mol. The van der Waals surface area contributed by atoms with Crippen LogP contribution in [-0.4, -0.2) is 22.8 Å². The number of aromatic nitrogens is 1. The van der Waals surface area contributed by atoms with Crippen LogP contribution in [-0.2, 0) is 6.42 Å². The highest BCUT2D eigenvalue weighted by molar-refractivity contribution is 5.94. The van der Waals surface area contributed by atoms with Crippen LogP contribution in [0.2, 0.25) is 0 Å². The molecule has 0 saturated carbocycles. The highest BCUT2D eigenvalue weighted by Gasteiger charge is 2.27. The van der Waals surface area contributed by atoms with E-state index in [-0.39, 0.29) is 11.9 Å². The minimum atomic E-state index is -0.572. The van der Waals surface area contributed by atoms with Gasteiger partial charge in [0.1, 0.15) is 0 Å². The number of amides is 1. The molecule has 1 amide bonds. The fourth-order valence-corrected chi connectivity index (χ4v) is 2.98. The summed E-state index contributed by atoms with van der Waals surface area (Å²) in [6.45, 7) is 0. The average Bonchev–Trinajstić information content (AvgIpc) is 2.53. The predicted molar refractivity (Wildman–Crippen MR) is 78.4 cm³/mol. The number of pyridine rings is 1. The molecule has 0 radical (unpaired) electrons. The van der Waals surface area contributed by atoms with E-state index in [1.165, 1.54) is 29.5 Å². The predicted octanol–water partition coefficient (Wildman–Crippen LogP) is 3.37. The quantitative estimate of drug-likeness (QED) is 0.792. The third-order valence-corrected chi connectivity index (χ3v) is 4.10. The summed E-state index contributed by atoms with van der Waals surface area (Å²) in [5.74, 6) is -0.693. The van der Waals surface area contributed by atoms with Crippen LogP contribution in [0.1, 0.15) is 40.4 Å². The van der Waals surface area contributed by atoms with Gasteiger partial charge in [-0.1, -0.05) is 24.3 Å². The van der Waals surface area contributed by atoms with E-state index in [1.54, 1.807) is 11.9 Å². The van der Waals surface area contributed by atoms with Gasteiger partial charge in [0, 0.05) is 13.2 Å². The molecule has 3 rings (SSSR count). The van der Waals surface area contributed by atoms with E-state index in [9.17, 15) is 9.18 Å². The Morgan fingerprint density at radius 3 is 2.86 bits per heavy atom. The molecule has 21 heavy (non-hydrogen) atoms. The topological polar surface area (TPSA) is 33.2 Å². The summed E-state index contributed by atoms with van der Waals surface area (Å²) < 4.78 is 12.9. The van der Waals surface area contributed by atoms with E-state index in [4.69, 9.17) is 0 Å². The molecule has 1 aliphatic rings. The van der Waals surface area contributed by atoms with Crippen LogP contribution < -0.4 is 0 Å². The normalized spacial score (nSPS) is 17.1. The van der Waals surface area contributed by atoms with Gasteiger partial charge in [0.05, 0.1) is 11.6 Å². The van der Waals surface area contributed by atoms with Gasteiger partial charge < -0.3 is 4.90 Å². The molecule has 0 saturated heterocycles. The molecule has 0 N–H and O–H groups in total. The summed E-state index contributed by atoms with van der Waals surface area (Å²) in [6.07, 6.45) is 4.38. The molecule has 4 heteroatoms. The van der Waals surface area contributed by atoms with Crippen LogP contribution in [0.4, 0.5) is 4.39 Å². The molecule has 1 heterocycles. The number of fused-ring (bicyclic) bond motifs is 1. The Bertz CT molecular complexity index is 654. The van der Waals surface area contributed by atoms with E-state index >= 15 is 0 Å². The highest BCUT2D eigenvalue weighted by Crippen LogP contribution is 2.34. The van der Waals surface area contributed by atoms with Crippen LogP contribution >= 0.6 is 0 Å². The Hall–Kier alpha value is -2.23. The smallest absolute Gasteiger partial charge is 0.255 e. The Morgan fingerprint density at radius 1 is 1.29 bits per heavy atom. The molecule has 108 valence electrons. The Morgan fingerprint density at radius 2 is 2.10 bits per heavy atom. The number of hydrogen-bond donors (Lipinski definition) is 0. The van der Waals surface area contributed by atoms with Gasteiger partial charge in [-0.2, -0.15) is 4.39 Å². The first-order valence-electron chi connectivity index (χ1n) is 7.13. The molecule has 3 nitrogen and oxygen atoms in total. The van der Waals surface area contributed by atoms with E-state index in [1.807, 2.05) is 12.1 Å². The number of carbonyl (C=O) groups is 1. The zero-order chi connectivity index (χ0) is 14.8. The van der Waals surface area contributed by atoms with Crippen LogP contribution in [0, 0.1) is 5.95 Å². The van der Waals surface area contributed by atoms with Crippen molar-refractivity contribution in [1.82, 2.24) is 9.88 Å². The van der Waals surface area contributed by atoms with Gasteiger partial charge >= 0.3 is 0 Å². The van der Waals surface area contributed by atoms with Crippen molar-refractivity contribution >= 4 is 5.91 Å². The molecular weight excluding hydrogens is 267 g/mol. The van der Waals surface area contributed by atoms with E-state index in [2.05, 4.69) is 17.1 Å². The summed E-state index contributed by atoms with van der Waals surface area (Å²) in [7, 11) is 1.80. The highest BCUT2D eigenvalue weighted by atomic mass is 19.1. The molecule has 0 aliphatic heterocycles. The van der Waals surface area contributed by atoms with Gasteiger partial charge in [0.25, 0.3) is 5.91 Å². The largest absolute Gasteiger partial charge is 0.335 e. The first-order chi connectivity index (χ1) is 10.2. The number of benzene rings is 1. The van der Waals surface area contributed by atoms with Gasteiger partial charge in [-0.15, -0.1) is 0 Å². The maximum Gasteiger partial charge on any atom is 0.255 e. The third-order valence-electron chi connectivity index (χ3n) is 4.10. The van der Waals surface area contributed by atoms with Gasteiger partial charge in [-0.25, -0.2) is 4.98 Å². The summed E-state index contributed by atoms with van der Waals surface area (Å²) in [5.41, 5.74) is 2.95. The molecule has 1 aliphatic carbocycles. The van der Waals surface area contributed by atoms with Gasteiger partial charge in [-0.3, -0.25) is 4.79 Å². The van der Waals surface area contributed by atoms with Crippen LogP contribution in [0.3, 0.4) is 0 Å².